The van der Waals surface area contributed by atoms with Crippen molar-refractivity contribution in [1.29, 1.82) is 0 Å². The predicted octanol–water partition coefficient (Wildman–Crippen LogP) is 3.67. The first kappa shape index (κ1) is 12.1. The van der Waals surface area contributed by atoms with Gasteiger partial charge < -0.3 is 5.73 Å². The van der Waals surface area contributed by atoms with Crippen LogP contribution in [0, 0.1) is 28.6 Å². The van der Waals surface area contributed by atoms with E-state index in [4.69, 9.17) is 5.73 Å². The van der Waals surface area contributed by atoms with Crippen LogP contribution in [0.3, 0.4) is 0 Å². The summed E-state index contributed by atoms with van der Waals surface area (Å²) >= 11 is 2.16. The highest BCUT2D eigenvalue weighted by molar-refractivity contribution is 7.99. The van der Waals surface area contributed by atoms with Crippen LogP contribution in [-0.4, -0.2) is 18.1 Å². The van der Waals surface area contributed by atoms with Gasteiger partial charge in [-0.1, -0.05) is 0 Å². The van der Waals surface area contributed by atoms with Crippen LogP contribution in [0.2, 0.25) is 0 Å². The van der Waals surface area contributed by atoms with E-state index in [0.717, 1.165) is 24.3 Å². The van der Waals surface area contributed by atoms with Gasteiger partial charge in [0.15, 0.2) is 0 Å². The summed E-state index contributed by atoms with van der Waals surface area (Å²) < 4.78 is 0. The van der Waals surface area contributed by atoms with Crippen LogP contribution < -0.4 is 5.73 Å². The maximum atomic E-state index is 6.35. The SMILES string of the molecule is NCC1(C23CC4CC(CC(C4)C2)C3)CCSCC1. The fourth-order valence-corrected chi connectivity index (χ4v) is 7.75. The van der Waals surface area contributed by atoms with Gasteiger partial charge in [0.2, 0.25) is 0 Å². The van der Waals surface area contributed by atoms with Crippen LogP contribution in [0.5, 0.6) is 0 Å². The standard InChI is InChI=1S/C16H27NS/c17-11-15(1-3-18-4-2-15)16-8-12-5-13(9-16)7-14(6-12)10-16/h12-14H,1-11,17H2. The lowest BCUT2D eigenvalue weighted by molar-refractivity contribution is -0.132. The van der Waals surface area contributed by atoms with Crippen LogP contribution >= 0.6 is 11.8 Å². The summed E-state index contributed by atoms with van der Waals surface area (Å²) in [4.78, 5) is 0. The molecule has 4 bridgehead atoms. The Morgan fingerprint density at radius 3 is 1.83 bits per heavy atom. The Kier molecular flexibility index (Phi) is 2.79. The predicted molar refractivity (Wildman–Crippen MR) is 78.7 cm³/mol. The summed E-state index contributed by atoms with van der Waals surface area (Å²) in [6, 6.07) is 0. The van der Waals surface area contributed by atoms with Crippen LogP contribution in [0.1, 0.15) is 51.4 Å². The van der Waals surface area contributed by atoms with Crippen LogP contribution in [0.4, 0.5) is 0 Å². The second-order valence-corrected chi connectivity index (χ2v) is 9.02. The number of rotatable bonds is 2. The Morgan fingerprint density at radius 1 is 0.889 bits per heavy atom. The van der Waals surface area contributed by atoms with Gasteiger partial charge in [0.1, 0.15) is 0 Å². The van der Waals surface area contributed by atoms with Gasteiger partial charge in [-0.2, -0.15) is 11.8 Å². The molecule has 0 amide bonds. The molecule has 4 aliphatic carbocycles. The molecule has 5 fully saturated rings. The maximum absolute atomic E-state index is 6.35. The second-order valence-electron chi connectivity index (χ2n) is 7.79. The van der Waals surface area contributed by atoms with Crippen LogP contribution in [0.25, 0.3) is 0 Å². The summed E-state index contributed by atoms with van der Waals surface area (Å²) in [5, 5.41) is 0. The molecular weight excluding hydrogens is 238 g/mol. The maximum Gasteiger partial charge on any atom is -0.00146 e. The number of hydrogen-bond acceptors (Lipinski definition) is 2. The van der Waals surface area contributed by atoms with Crippen LogP contribution in [0.15, 0.2) is 0 Å². The zero-order valence-electron chi connectivity index (χ0n) is 11.5. The molecule has 4 saturated carbocycles. The topological polar surface area (TPSA) is 26.0 Å². The van der Waals surface area contributed by atoms with Gasteiger partial charge >= 0.3 is 0 Å². The van der Waals surface area contributed by atoms with E-state index in [-0.39, 0.29) is 0 Å². The average Bonchev–Trinajstić information content (AvgIpc) is 2.38. The van der Waals surface area contributed by atoms with Gasteiger partial charge in [-0.15, -0.1) is 0 Å². The minimum atomic E-state index is 0.536. The largest absolute Gasteiger partial charge is 0.330 e. The van der Waals surface area contributed by atoms with Crippen molar-refractivity contribution in [2.24, 2.45) is 34.3 Å². The molecule has 5 rings (SSSR count). The molecular formula is C16H27NS. The minimum Gasteiger partial charge on any atom is -0.330 e. The van der Waals surface area contributed by atoms with Crippen molar-refractivity contribution < 1.29 is 0 Å². The third kappa shape index (κ3) is 1.57. The van der Waals surface area contributed by atoms with Gasteiger partial charge in [0.25, 0.3) is 0 Å². The highest BCUT2D eigenvalue weighted by Gasteiger charge is 2.59. The minimum absolute atomic E-state index is 0.536. The molecule has 2 N–H and O–H groups in total. The summed E-state index contributed by atoms with van der Waals surface area (Å²) in [5.74, 6) is 5.98. The van der Waals surface area contributed by atoms with Gasteiger partial charge in [-0.25, -0.2) is 0 Å². The molecule has 1 saturated heterocycles. The van der Waals surface area contributed by atoms with Crippen molar-refractivity contribution in [3.63, 3.8) is 0 Å². The zero-order chi connectivity index (χ0) is 12.2. The highest BCUT2D eigenvalue weighted by atomic mass is 32.2. The van der Waals surface area contributed by atoms with E-state index < -0.39 is 0 Å². The van der Waals surface area contributed by atoms with Crippen molar-refractivity contribution in [3.8, 4) is 0 Å². The summed E-state index contributed by atoms with van der Waals surface area (Å²) in [5.41, 5.74) is 7.56. The molecule has 0 atom stereocenters. The molecule has 0 radical (unpaired) electrons. The molecule has 1 aliphatic heterocycles. The quantitative estimate of drug-likeness (QED) is 0.824. The first-order valence-corrected chi connectivity index (χ1v) is 9.19. The average molecular weight is 265 g/mol. The molecule has 0 aromatic rings. The number of hydrogen-bond donors (Lipinski definition) is 1. The Balaban J connectivity index is 1.69. The Labute approximate surface area is 116 Å². The van der Waals surface area contributed by atoms with E-state index in [9.17, 15) is 0 Å². The van der Waals surface area contributed by atoms with E-state index in [1.165, 1.54) is 24.3 Å². The van der Waals surface area contributed by atoms with E-state index in [0.29, 0.717) is 10.8 Å². The molecule has 0 aromatic carbocycles. The van der Waals surface area contributed by atoms with Crippen molar-refractivity contribution in [2.45, 2.75) is 51.4 Å². The van der Waals surface area contributed by atoms with E-state index in [1.807, 2.05) is 0 Å². The molecule has 18 heavy (non-hydrogen) atoms. The first-order valence-electron chi connectivity index (χ1n) is 8.03. The van der Waals surface area contributed by atoms with Crippen molar-refractivity contribution >= 4 is 11.8 Å². The second kappa shape index (κ2) is 4.15. The molecule has 2 heteroatoms. The third-order valence-electron chi connectivity index (χ3n) is 7.00. The number of nitrogens with two attached hydrogens (primary N) is 1. The number of thioether (sulfide) groups is 1. The molecule has 0 spiro atoms. The van der Waals surface area contributed by atoms with Gasteiger partial charge in [0, 0.05) is 0 Å². The molecule has 1 heterocycles. The fraction of sp³-hybridized carbons (Fsp3) is 1.00. The molecule has 0 aromatic heterocycles. The summed E-state index contributed by atoms with van der Waals surface area (Å²) in [6.07, 6.45) is 12.2. The Bertz CT molecular complexity index is 297. The van der Waals surface area contributed by atoms with E-state index in [1.54, 1.807) is 38.5 Å². The first-order chi connectivity index (χ1) is 8.75. The summed E-state index contributed by atoms with van der Waals surface area (Å²) in [7, 11) is 0. The normalized spacial score (nSPS) is 49.5. The molecule has 5 aliphatic rings. The molecule has 1 nitrogen and oxygen atoms in total. The molecule has 0 unspecified atom stereocenters. The third-order valence-corrected chi connectivity index (χ3v) is 7.99. The highest BCUT2D eigenvalue weighted by Crippen LogP contribution is 2.68. The molecule has 102 valence electrons. The Morgan fingerprint density at radius 2 is 1.39 bits per heavy atom. The van der Waals surface area contributed by atoms with Gasteiger partial charge in [0.05, 0.1) is 0 Å². The lowest BCUT2D eigenvalue weighted by Gasteiger charge is -2.64. The van der Waals surface area contributed by atoms with Crippen molar-refractivity contribution in [1.82, 2.24) is 0 Å². The Hall–Kier alpha value is 0.310. The lowest BCUT2D eigenvalue weighted by Crippen LogP contribution is -2.58. The van der Waals surface area contributed by atoms with Crippen molar-refractivity contribution in [2.75, 3.05) is 18.1 Å². The fourth-order valence-electron chi connectivity index (χ4n) is 6.47. The van der Waals surface area contributed by atoms with Gasteiger partial charge in [-0.05, 0) is 98.0 Å². The van der Waals surface area contributed by atoms with E-state index >= 15 is 0 Å². The summed E-state index contributed by atoms with van der Waals surface area (Å²) in [6.45, 7) is 0.972. The van der Waals surface area contributed by atoms with Crippen LogP contribution in [-0.2, 0) is 0 Å². The lowest BCUT2D eigenvalue weighted by atomic mass is 9.41. The van der Waals surface area contributed by atoms with Gasteiger partial charge in [-0.3, -0.25) is 0 Å². The smallest absolute Gasteiger partial charge is 0.00146 e. The zero-order valence-corrected chi connectivity index (χ0v) is 12.3. The van der Waals surface area contributed by atoms with E-state index in [2.05, 4.69) is 11.8 Å². The van der Waals surface area contributed by atoms with Crippen molar-refractivity contribution in [3.05, 3.63) is 0 Å². The monoisotopic (exact) mass is 265 g/mol.